The molecule has 1 aromatic rings. The van der Waals surface area contributed by atoms with E-state index in [2.05, 4.69) is 4.98 Å². The third-order valence-corrected chi connectivity index (χ3v) is 2.28. The van der Waals surface area contributed by atoms with Gasteiger partial charge in [-0.1, -0.05) is 0 Å². The molecule has 2 N–H and O–H groups in total. The minimum Gasteiger partial charge on any atom is -0.488 e. The van der Waals surface area contributed by atoms with Crippen LogP contribution in [0.15, 0.2) is 12.3 Å². The van der Waals surface area contributed by atoms with Crippen molar-refractivity contribution in [2.45, 2.75) is 31.7 Å². The molecule has 1 aromatic heterocycles. The molecule has 1 fully saturated rings. The van der Waals surface area contributed by atoms with Gasteiger partial charge in [0, 0.05) is 18.3 Å². The van der Waals surface area contributed by atoms with Crippen LogP contribution < -0.4 is 10.5 Å². The Morgan fingerprint density at radius 3 is 2.62 bits per heavy atom. The second-order valence-corrected chi connectivity index (χ2v) is 3.67. The Kier molecular flexibility index (Phi) is 2.75. The van der Waals surface area contributed by atoms with Gasteiger partial charge in [0.1, 0.15) is 0 Å². The predicted octanol–water partition coefficient (Wildman–Crippen LogP) is 2.10. The lowest BCUT2D eigenvalue weighted by Gasteiger charge is -2.15. The van der Waals surface area contributed by atoms with E-state index in [1.807, 2.05) is 0 Å². The van der Waals surface area contributed by atoms with Gasteiger partial charge in [-0.15, -0.1) is 0 Å². The molecule has 0 unspecified atom stereocenters. The molecule has 0 aromatic carbocycles. The smallest absolute Gasteiger partial charge is 0.437 e. The Morgan fingerprint density at radius 1 is 1.44 bits per heavy atom. The van der Waals surface area contributed by atoms with Crippen LogP contribution in [0, 0.1) is 0 Å². The molecule has 0 saturated heterocycles. The summed E-state index contributed by atoms with van der Waals surface area (Å²) < 4.78 is 43.2. The van der Waals surface area contributed by atoms with Gasteiger partial charge in [0.15, 0.2) is 11.4 Å². The van der Waals surface area contributed by atoms with E-state index >= 15 is 0 Å². The number of alkyl halides is 3. The molecule has 16 heavy (non-hydrogen) atoms. The molecule has 3 nitrogen and oxygen atoms in total. The van der Waals surface area contributed by atoms with Crippen LogP contribution in [-0.2, 0) is 12.7 Å². The summed E-state index contributed by atoms with van der Waals surface area (Å²) in [6.45, 7) is 0.00759. The highest BCUT2D eigenvalue weighted by Crippen LogP contribution is 2.39. The van der Waals surface area contributed by atoms with E-state index in [0.29, 0.717) is 5.56 Å². The van der Waals surface area contributed by atoms with E-state index in [4.69, 9.17) is 10.5 Å². The first kappa shape index (κ1) is 11.2. The zero-order valence-corrected chi connectivity index (χ0v) is 8.42. The van der Waals surface area contributed by atoms with Crippen molar-refractivity contribution < 1.29 is 17.9 Å². The van der Waals surface area contributed by atoms with Crippen molar-refractivity contribution in [3.8, 4) is 5.75 Å². The Labute approximate surface area is 90.4 Å². The van der Waals surface area contributed by atoms with Gasteiger partial charge in [-0.3, -0.25) is 0 Å². The van der Waals surface area contributed by atoms with Crippen LogP contribution >= 0.6 is 0 Å². The highest BCUT2D eigenvalue weighted by molar-refractivity contribution is 5.39. The average molecular weight is 232 g/mol. The Hall–Kier alpha value is -1.30. The molecule has 0 bridgehead atoms. The van der Waals surface area contributed by atoms with E-state index in [9.17, 15) is 13.2 Å². The summed E-state index contributed by atoms with van der Waals surface area (Å²) in [5.74, 6) is -0.208. The van der Waals surface area contributed by atoms with Crippen molar-refractivity contribution >= 4 is 0 Å². The van der Waals surface area contributed by atoms with Crippen LogP contribution in [0.3, 0.4) is 0 Å². The van der Waals surface area contributed by atoms with Gasteiger partial charge in [0.2, 0.25) is 0 Å². The number of hydrogen-bond acceptors (Lipinski definition) is 3. The van der Waals surface area contributed by atoms with Crippen molar-refractivity contribution in [2.24, 2.45) is 5.73 Å². The maximum absolute atomic E-state index is 12.7. The Morgan fingerprint density at radius 2 is 2.12 bits per heavy atom. The largest absolute Gasteiger partial charge is 0.488 e. The first-order valence-electron chi connectivity index (χ1n) is 4.94. The van der Waals surface area contributed by atoms with Crippen LogP contribution in [0.2, 0.25) is 0 Å². The van der Waals surface area contributed by atoms with Crippen molar-refractivity contribution in [3.63, 3.8) is 0 Å². The fourth-order valence-electron chi connectivity index (χ4n) is 1.33. The topological polar surface area (TPSA) is 48.1 Å². The lowest BCUT2D eigenvalue weighted by atomic mass is 10.2. The van der Waals surface area contributed by atoms with E-state index in [1.165, 1.54) is 6.07 Å². The molecule has 1 aliphatic carbocycles. The highest BCUT2D eigenvalue weighted by atomic mass is 19.4. The summed E-state index contributed by atoms with van der Waals surface area (Å²) >= 11 is 0. The molecule has 0 amide bonds. The maximum atomic E-state index is 12.7. The summed E-state index contributed by atoms with van der Waals surface area (Å²) in [7, 11) is 0. The molecule has 88 valence electrons. The third-order valence-electron chi connectivity index (χ3n) is 2.28. The van der Waals surface area contributed by atoms with Gasteiger partial charge in [0.05, 0.1) is 6.10 Å². The number of ether oxygens (including phenoxy) is 1. The summed E-state index contributed by atoms with van der Waals surface area (Å²) in [6.07, 6.45) is -1.94. The van der Waals surface area contributed by atoms with E-state index < -0.39 is 11.9 Å². The number of pyridine rings is 1. The molecule has 0 radical (unpaired) electrons. The zero-order valence-electron chi connectivity index (χ0n) is 8.42. The van der Waals surface area contributed by atoms with Gasteiger partial charge in [0.25, 0.3) is 0 Å². The third kappa shape index (κ3) is 2.27. The molecular weight excluding hydrogens is 221 g/mol. The van der Waals surface area contributed by atoms with Crippen molar-refractivity contribution in [1.82, 2.24) is 4.98 Å². The van der Waals surface area contributed by atoms with Gasteiger partial charge < -0.3 is 10.5 Å². The van der Waals surface area contributed by atoms with E-state index in [1.54, 1.807) is 0 Å². The zero-order chi connectivity index (χ0) is 11.8. The quantitative estimate of drug-likeness (QED) is 0.868. The predicted molar refractivity (Wildman–Crippen MR) is 50.8 cm³/mol. The number of rotatable bonds is 3. The average Bonchev–Trinajstić information content (AvgIpc) is 3.00. The van der Waals surface area contributed by atoms with Crippen LogP contribution in [0.1, 0.15) is 24.1 Å². The Bertz CT molecular complexity index is 388. The number of nitrogens with zero attached hydrogens (tertiary/aromatic N) is 1. The standard InChI is InChI=1S/C10H11F3N2O/c11-10(12,13)9-8(16-7-1-2-7)6(5-14)3-4-15-9/h3-4,7H,1-2,5,14H2. The highest BCUT2D eigenvalue weighted by Gasteiger charge is 2.39. The monoisotopic (exact) mass is 232 g/mol. The van der Waals surface area contributed by atoms with Crippen LogP contribution in [0.25, 0.3) is 0 Å². The molecule has 0 aliphatic heterocycles. The van der Waals surface area contributed by atoms with Crippen LogP contribution in [0.5, 0.6) is 5.75 Å². The van der Waals surface area contributed by atoms with E-state index in [-0.39, 0.29) is 18.4 Å². The summed E-state index contributed by atoms with van der Waals surface area (Å²) in [6, 6.07) is 1.45. The second kappa shape index (κ2) is 3.93. The molecule has 1 aliphatic rings. The maximum Gasteiger partial charge on any atom is 0.437 e. The first-order valence-corrected chi connectivity index (χ1v) is 4.94. The SMILES string of the molecule is NCc1ccnc(C(F)(F)F)c1OC1CC1. The molecule has 2 rings (SSSR count). The lowest BCUT2D eigenvalue weighted by molar-refractivity contribution is -0.142. The fourth-order valence-corrected chi connectivity index (χ4v) is 1.33. The number of hydrogen-bond donors (Lipinski definition) is 1. The summed E-state index contributed by atoms with van der Waals surface area (Å²) in [5.41, 5.74) is 4.74. The summed E-state index contributed by atoms with van der Waals surface area (Å²) in [4.78, 5) is 3.33. The van der Waals surface area contributed by atoms with Crippen molar-refractivity contribution in [1.29, 1.82) is 0 Å². The summed E-state index contributed by atoms with van der Waals surface area (Å²) in [5, 5.41) is 0. The molecule has 0 spiro atoms. The van der Waals surface area contributed by atoms with Crippen LogP contribution in [0.4, 0.5) is 13.2 Å². The van der Waals surface area contributed by atoms with E-state index in [0.717, 1.165) is 19.0 Å². The lowest BCUT2D eigenvalue weighted by Crippen LogP contribution is -2.15. The minimum atomic E-state index is -4.50. The normalized spacial score (nSPS) is 16.2. The number of aromatic nitrogens is 1. The minimum absolute atomic E-state index is 0.00759. The van der Waals surface area contributed by atoms with Gasteiger partial charge >= 0.3 is 6.18 Å². The van der Waals surface area contributed by atoms with Crippen LogP contribution in [-0.4, -0.2) is 11.1 Å². The van der Waals surface area contributed by atoms with Crippen molar-refractivity contribution in [2.75, 3.05) is 0 Å². The molecule has 1 heterocycles. The first-order chi connectivity index (χ1) is 7.52. The molecular formula is C10H11F3N2O. The van der Waals surface area contributed by atoms with Crippen molar-refractivity contribution in [3.05, 3.63) is 23.5 Å². The van der Waals surface area contributed by atoms with Gasteiger partial charge in [-0.2, -0.15) is 13.2 Å². The van der Waals surface area contributed by atoms with Gasteiger partial charge in [-0.05, 0) is 18.9 Å². The number of nitrogens with two attached hydrogens (primary N) is 1. The fraction of sp³-hybridized carbons (Fsp3) is 0.500. The van der Waals surface area contributed by atoms with Gasteiger partial charge in [-0.25, -0.2) is 4.98 Å². The molecule has 1 saturated carbocycles. The molecule has 0 atom stereocenters. The second-order valence-electron chi connectivity index (χ2n) is 3.67. The number of halogens is 3. The Balaban J connectivity index is 2.41. The molecule has 6 heteroatoms.